The van der Waals surface area contributed by atoms with Crippen LogP contribution in [0.15, 0.2) is 6.20 Å². The summed E-state index contributed by atoms with van der Waals surface area (Å²) in [4.78, 5) is 5.92. The molecule has 3 nitrogen and oxygen atoms in total. The van der Waals surface area contributed by atoms with E-state index in [1.54, 1.807) is 0 Å². The summed E-state index contributed by atoms with van der Waals surface area (Å²) in [5.74, 6) is 0.571. The summed E-state index contributed by atoms with van der Waals surface area (Å²) < 4.78 is 5.89. The van der Waals surface area contributed by atoms with Crippen LogP contribution in [0, 0.1) is 0 Å². The number of hydrogen-bond donors (Lipinski definition) is 1. The molecule has 1 aromatic rings. The summed E-state index contributed by atoms with van der Waals surface area (Å²) in [5.41, 5.74) is 0. The Morgan fingerprint density at radius 2 is 2.44 bits per heavy atom. The smallest absolute Gasteiger partial charge is 0.0986 e. The van der Waals surface area contributed by atoms with E-state index in [9.17, 15) is 0 Å². The largest absolute Gasteiger partial charge is 0.374 e. The third-order valence-electron chi connectivity index (χ3n) is 3.82. The summed E-state index contributed by atoms with van der Waals surface area (Å²) in [6.07, 6.45) is 6.66. The molecule has 3 rings (SSSR count). The molecule has 0 radical (unpaired) electrons. The van der Waals surface area contributed by atoms with Crippen LogP contribution in [0.3, 0.4) is 0 Å². The van der Waals surface area contributed by atoms with Crippen molar-refractivity contribution in [1.82, 2.24) is 10.3 Å². The molecule has 0 aliphatic carbocycles. The number of hydrogen-bond acceptors (Lipinski definition) is 4. The normalized spacial score (nSPS) is 34.5. The van der Waals surface area contributed by atoms with Gasteiger partial charge in [-0.3, -0.25) is 0 Å². The molecule has 2 bridgehead atoms. The van der Waals surface area contributed by atoms with Gasteiger partial charge in [-0.15, -0.1) is 11.3 Å². The summed E-state index contributed by atoms with van der Waals surface area (Å²) in [6, 6.07) is 0.408. The molecule has 0 spiro atoms. The number of nitrogens with zero attached hydrogens (tertiary/aromatic N) is 1. The zero-order chi connectivity index (χ0) is 11.1. The van der Waals surface area contributed by atoms with Crippen LogP contribution in [0.1, 0.15) is 48.0 Å². The number of fused-ring (bicyclic) bond motifs is 2. The minimum atomic E-state index is 0.408. The summed E-state index contributed by atoms with van der Waals surface area (Å²) >= 11 is 1.85. The van der Waals surface area contributed by atoms with Gasteiger partial charge in [0.25, 0.3) is 0 Å². The van der Waals surface area contributed by atoms with E-state index in [0.29, 0.717) is 24.2 Å². The lowest BCUT2D eigenvalue weighted by molar-refractivity contribution is 0.101. The predicted molar refractivity (Wildman–Crippen MR) is 64.8 cm³/mol. The Morgan fingerprint density at radius 3 is 3.06 bits per heavy atom. The Kier molecular flexibility index (Phi) is 2.73. The van der Waals surface area contributed by atoms with Crippen molar-refractivity contribution < 1.29 is 4.74 Å². The Labute approximate surface area is 100 Å². The van der Waals surface area contributed by atoms with Gasteiger partial charge in [0, 0.05) is 23.0 Å². The van der Waals surface area contributed by atoms with Gasteiger partial charge >= 0.3 is 0 Å². The van der Waals surface area contributed by atoms with Gasteiger partial charge in [0.1, 0.15) is 0 Å². The van der Waals surface area contributed by atoms with Gasteiger partial charge in [-0.05, 0) is 33.2 Å². The molecule has 3 heterocycles. The van der Waals surface area contributed by atoms with E-state index in [4.69, 9.17) is 4.74 Å². The lowest BCUT2D eigenvalue weighted by Crippen LogP contribution is -2.13. The topological polar surface area (TPSA) is 34.2 Å². The van der Waals surface area contributed by atoms with Crippen molar-refractivity contribution in [1.29, 1.82) is 0 Å². The van der Waals surface area contributed by atoms with E-state index in [-0.39, 0.29) is 0 Å². The fourth-order valence-corrected chi connectivity index (χ4v) is 3.86. The van der Waals surface area contributed by atoms with E-state index in [2.05, 4.69) is 17.2 Å². The van der Waals surface area contributed by atoms with Gasteiger partial charge < -0.3 is 10.1 Å². The quantitative estimate of drug-likeness (QED) is 0.878. The first-order valence-electron chi connectivity index (χ1n) is 6.06. The molecule has 0 saturated carbocycles. The molecule has 4 unspecified atom stereocenters. The van der Waals surface area contributed by atoms with Crippen LogP contribution in [0.25, 0.3) is 0 Å². The van der Waals surface area contributed by atoms with Crippen molar-refractivity contribution in [3.63, 3.8) is 0 Å². The minimum Gasteiger partial charge on any atom is -0.374 e. The fourth-order valence-electron chi connectivity index (χ4n) is 2.71. The molecule has 0 amide bonds. The SMILES string of the molecule is CNC(C)c1cnc(C2CC3CCC2O3)s1. The first kappa shape index (κ1) is 10.7. The number of rotatable bonds is 3. The first-order chi connectivity index (χ1) is 7.78. The summed E-state index contributed by atoms with van der Waals surface area (Å²) in [7, 11) is 1.99. The molecule has 2 aliphatic heterocycles. The van der Waals surface area contributed by atoms with E-state index in [1.165, 1.54) is 29.1 Å². The van der Waals surface area contributed by atoms with Crippen molar-refractivity contribution in [2.75, 3.05) is 7.05 Å². The number of ether oxygens (including phenoxy) is 1. The summed E-state index contributed by atoms with van der Waals surface area (Å²) in [6.45, 7) is 2.18. The van der Waals surface area contributed by atoms with Crippen LogP contribution in [0.5, 0.6) is 0 Å². The first-order valence-corrected chi connectivity index (χ1v) is 6.88. The minimum absolute atomic E-state index is 0.408. The lowest BCUT2D eigenvalue weighted by Gasteiger charge is -2.15. The van der Waals surface area contributed by atoms with Gasteiger partial charge in [-0.1, -0.05) is 0 Å². The van der Waals surface area contributed by atoms with E-state index in [1.807, 2.05) is 24.6 Å². The fraction of sp³-hybridized carbons (Fsp3) is 0.750. The Bertz CT molecular complexity index is 379. The van der Waals surface area contributed by atoms with E-state index < -0.39 is 0 Å². The Hall–Kier alpha value is -0.450. The molecule has 2 aliphatic rings. The highest BCUT2D eigenvalue weighted by molar-refractivity contribution is 7.11. The maximum absolute atomic E-state index is 5.89. The van der Waals surface area contributed by atoms with Crippen LogP contribution in [-0.2, 0) is 4.74 Å². The number of aromatic nitrogens is 1. The maximum atomic E-state index is 5.89. The Balaban J connectivity index is 1.77. The van der Waals surface area contributed by atoms with Crippen LogP contribution >= 0.6 is 11.3 Å². The highest BCUT2D eigenvalue weighted by atomic mass is 32.1. The van der Waals surface area contributed by atoms with Crippen molar-refractivity contribution in [3.8, 4) is 0 Å². The highest BCUT2D eigenvalue weighted by Crippen LogP contribution is 2.45. The van der Waals surface area contributed by atoms with Gasteiger partial charge in [-0.25, -0.2) is 4.98 Å². The average Bonchev–Trinajstić information content (AvgIpc) is 3.02. The van der Waals surface area contributed by atoms with E-state index in [0.717, 1.165) is 0 Å². The van der Waals surface area contributed by atoms with Crippen LogP contribution in [0.4, 0.5) is 0 Å². The maximum Gasteiger partial charge on any atom is 0.0986 e. The second kappa shape index (κ2) is 4.09. The lowest BCUT2D eigenvalue weighted by atomic mass is 9.90. The predicted octanol–water partition coefficient (Wildman–Crippen LogP) is 2.46. The molecular formula is C12H18N2OS. The van der Waals surface area contributed by atoms with Crippen LogP contribution in [0.2, 0.25) is 0 Å². The molecule has 4 heteroatoms. The van der Waals surface area contributed by atoms with Crippen molar-refractivity contribution in [3.05, 3.63) is 16.1 Å². The monoisotopic (exact) mass is 238 g/mol. The zero-order valence-electron chi connectivity index (χ0n) is 9.77. The van der Waals surface area contributed by atoms with Gasteiger partial charge in [0.2, 0.25) is 0 Å². The second-order valence-corrected chi connectivity index (χ2v) is 5.92. The third-order valence-corrected chi connectivity index (χ3v) is 5.14. The van der Waals surface area contributed by atoms with E-state index >= 15 is 0 Å². The molecule has 1 aromatic heterocycles. The molecule has 2 saturated heterocycles. The van der Waals surface area contributed by atoms with Crippen molar-refractivity contribution >= 4 is 11.3 Å². The summed E-state index contributed by atoms with van der Waals surface area (Å²) in [5, 5.41) is 4.54. The molecule has 2 fully saturated rings. The molecular weight excluding hydrogens is 220 g/mol. The van der Waals surface area contributed by atoms with Gasteiger partial charge in [0.05, 0.1) is 17.2 Å². The molecule has 1 N–H and O–H groups in total. The second-order valence-electron chi connectivity index (χ2n) is 4.83. The highest BCUT2D eigenvalue weighted by Gasteiger charge is 2.42. The molecule has 0 aromatic carbocycles. The third kappa shape index (κ3) is 1.69. The van der Waals surface area contributed by atoms with Crippen LogP contribution in [-0.4, -0.2) is 24.2 Å². The molecule has 4 atom stereocenters. The average molecular weight is 238 g/mol. The van der Waals surface area contributed by atoms with Crippen molar-refractivity contribution in [2.24, 2.45) is 0 Å². The standard InChI is InChI=1S/C12H18N2OS/c1-7(13-2)11-6-14-12(16-11)9-5-8-3-4-10(9)15-8/h6-10,13H,3-5H2,1-2H3. The number of thiazole rings is 1. The molecule has 88 valence electrons. The van der Waals surface area contributed by atoms with Gasteiger partial charge in [0.15, 0.2) is 0 Å². The van der Waals surface area contributed by atoms with Crippen LogP contribution < -0.4 is 5.32 Å². The Morgan fingerprint density at radius 1 is 1.56 bits per heavy atom. The van der Waals surface area contributed by atoms with Crippen molar-refractivity contribution in [2.45, 2.75) is 50.4 Å². The zero-order valence-corrected chi connectivity index (χ0v) is 10.6. The number of nitrogens with one attached hydrogen (secondary N) is 1. The van der Waals surface area contributed by atoms with Gasteiger partial charge in [-0.2, -0.15) is 0 Å². The molecule has 16 heavy (non-hydrogen) atoms.